The van der Waals surface area contributed by atoms with Crippen LogP contribution in [0.5, 0.6) is 0 Å². The van der Waals surface area contributed by atoms with Crippen LogP contribution in [0.3, 0.4) is 0 Å². The highest BCUT2D eigenvalue weighted by Crippen LogP contribution is 2.18. The first-order valence-corrected chi connectivity index (χ1v) is 6.92. The van der Waals surface area contributed by atoms with Gasteiger partial charge in [-0.15, -0.1) is 10.2 Å². The van der Waals surface area contributed by atoms with Gasteiger partial charge in [-0.25, -0.2) is 13.6 Å². The number of fused-ring (bicyclic) bond motifs is 1. The molecule has 0 bridgehead atoms. The molecule has 0 fully saturated rings. The van der Waals surface area contributed by atoms with Crippen molar-refractivity contribution < 1.29 is 18.3 Å². The maximum atomic E-state index is 12.8. The van der Waals surface area contributed by atoms with E-state index in [9.17, 15) is 13.6 Å². The highest BCUT2D eigenvalue weighted by Gasteiger charge is 2.17. The van der Waals surface area contributed by atoms with Crippen molar-refractivity contribution in [3.8, 4) is 0 Å². The lowest BCUT2D eigenvalue weighted by Crippen LogP contribution is -2.10. The van der Waals surface area contributed by atoms with Gasteiger partial charge in [-0.05, 0) is 18.2 Å². The number of carbonyl (C=O) groups excluding carboxylic acids is 1. The molecule has 0 aliphatic rings. The average Bonchev–Trinajstić information content (AvgIpc) is 3.19. The number of ether oxygens (including phenoxy) is 1. The zero-order valence-corrected chi connectivity index (χ0v) is 12.0. The fraction of sp³-hybridized carbons (Fsp3) is 0.286. The van der Waals surface area contributed by atoms with Crippen LogP contribution in [-0.2, 0) is 11.3 Å². The number of hydrogen-bond donors (Lipinski definition) is 0. The maximum absolute atomic E-state index is 12.8. The molecule has 0 aliphatic heterocycles. The van der Waals surface area contributed by atoms with Gasteiger partial charge in [-0.2, -0.15) is 5.10 Å². The summed E-state index contributed by atoms with van der Waals surface area (Å²) in [6.07, 6.45) is 2.57. The Hall–Kier alpha value is -2.84. The van der Waals surface area contributed by atoms with E-state index < -0.39 is 18.2 Å². The maximum Gasteiger partial charge on any atom is 0.339 e. The van der Waals surface area contributed by atoms with E-state index in [4.69, 9.17) is 4.74 Å². The number of rotatable bonds is 6. The van der Waals surface area contributed by atoms with E-state index in [1.165, 1.54) is 18.3 Å². The van der Waals surface area contributed by atoms with Crippen molar-refractivity contribution in [2.75, 3.05) is 6.61 Å². The van der Waals surface area contributed by atoms with Crippen molar-refractivity contribution in [3.63, 3.8) is 0 Å². The summed E-state index contributed by atoms with van der Waals surface area (Å²) in [5, 5.41) is 11.0. The molecule has 0 aromatic carbocycles. The van der Waals surface area contributed by atoms with E-state index in [1.54, 1.807) is 16.9 Å². The Balaban J connectivity index is 1.62. The average molecular weight is 321 g/mol. The van der Waals surface area contributed by atoms with Crippen LogP contribution in [0, 0.1) is 0 Å². The number of carbonyl (C=O) groups is 1. The summed E-state index contributed by atoms with van der Waals surface area (Å²) in [7, 11) is 0. The minimum atomic E-state index is -2.77. The van der Waals surface area contributed by atoms with Gasteiger partial charge in [0, 0.05) is 31.6 Å². The second kappa shape index (κ2) is 6.51. The van der Waals surface area contributed by atoms with Crippen LogP contribution >= 0.6 is 0 Å². The quantitative estimate of drug-likeness (QED) is 0.513. The number of pyridine rings is 1. The molecule has 3 rings (SSSR count). The summed E-state index contributed by atoms with van der Waals surface area (Å²) in [6.45, 7) is 0.834. The summed E-state index contributed by atoms with van der Waals surface area (Å²) in [5.41, 5.74) is 0.411. The molecule has 0 saturated carbocycles. The molecular formula is C14H13F2N5O2. The Morgan fingerprint density at radius 1 is 1.30 bits per heavy atom. The van der Waals surface area contributed by atoms with Gasteiger partial charge in [0.1, 0.15) is 0 Å². The molecule has 3 aromatic rings. The molecule has 0 spiro atoms. The molecule has 0 saturated heterocycles. The van der Waals surface area contributed by atoms with Gasteiger partial charge in [0.15, 0.2) is 5.65 Å². The fourth-order valence-electron chi connectivity index (χ4n) is 2.09. The van der Waals surface area contributed by atoms with Gasteiger partial charge in [-0.1, -0.05) is 0 Å². The third-order valence-electron chi connectivity index (χ3n) is 3.18. The van der Waals surface area contributed by atoms with Crippen molar-refractivity contribution in [1.82, 2.24) is 24.4 Å². The van der Waals surface area contributed by atoms with Crippen molar-refractivity contribution in [2.24, 2.45) is 0 Å². The van der Waals surface area contributed by atoms with E-state index in [1.807, 2.05) is 6.20 Å². The smallest absolute Gasteiger partial charge is 0.339 e. The Labute approximate surface area is 129 Å². The third-order valence-corrected chi connectivity index (χ3v) is 3.18. The molecule has 7 nitrogen and oxygen atoms in total. The van der Waals surface area contributed by atoms with Gasteiger partial charge in [-0.3, -0.25) is 9.08 Å². The first-order chi connectivity index (χ1) is 11.1. The number of aryl methyl sites for hydroxylation is 1. The molecule has 23 heavy (non-hydrogen) atoms. The fourth-order valence-corrected chi connectivity index (χ4v) is 2.09. The number of nitrogens with zero attached hydrogens (tertiary/aromatic N) is 5. The minimum absolute atomic E-state index is 0.165. The van der Waals surface area contributed by atoms with Crippen LogP contribution in [-0.4, -0.2) is 37.0 Å². The van der Waals surface area contributed by atoms with Crippen LogP contribution in [0.25, 0.3) is 5.65 Å². The third kappa shape index (κ3) is 3.33. The van der Waals surface area contributed by atoms with Crippen molar-refractivity contribution in [2.45, 2.75) is 19.4 Å². The van der Waals surface area contributed by atoms with E-state index in [-0.39, 0.29) is 17.8 Å². The summed E-state index contributed by atoms with van der Waals surface area (Å²) < 4.78 is 33.5. The number of halogens is 2. The van der Waals surface area contributed by atoms with Crippen LogP contribution in [0.4, 0.5) is 8.78 Å². The molecular weight excluding hydrogens is 308 g/mol. The van der Waals surface area contributed by atoms with Crippen molar-refractivity contribution >= 4 is 11.6 Å². The lowest BCUT2D eigenvalue weighted by atomic mass is 10.3. The Morgan fingerprint density at radius 3 is 2.91 bits per heavy atom. The molecule has 0 atom stereocenters. The predicted molar refractivity (Wildman–Crippen MR) is 75.1 cm³/mol. The zero-order valence-electron chi connectivity index (χ0n) is 12.0. The molecule has 0 unspecified atom stereocenters. The second-order valence-electron chi connectivity index (χ2n) is 4.76. The second-order valence-corrected chi connectivity index (χ2v) is 4.76. The Kier molecular flexibility index (Phi) is 4.26. The monoisotopic (exact) mass is 321 g/mol. The molecule has 0 radical (unpaired) electrons. The molecule has 120 valence electrons. The summed E-state index contributed by atoms with van der Waals surface area (Å²) in [6, 6.07) is 4.72. The van der Waals surface area contributed by atoms with Gasteiger partial charge in [0.05, 0.1) is 12.2 Å². The molecule has 3 aromatic heterocycles. The SMILES string of the molecule is O=C(OCCCn1cccn1)c1ccc2nnc(C(F)F)n2c1. The van der Waals surface area contributed by atoms with Gasteiger partial charge in [0.2, 0.25) is 5.82 Å². The van der Waals surface area contributed by atoms with E-state index >= 15 is 0 Å². The highest BCUT2D eigenvalue weighted by molar-refractivity contribution is 5.89. The molecule has 9 heteroatoms. The summed E-state index contributed by atoms with van der Waals surface area (Å²) >= 11 is 0. The number of esters is 1. The van der Waals surface area contributed by atoms with Crippen LogP contribution in [0.2, 0.25) is 0 Å². The van der Waals surface area contributed by atoms with Crippen LogP contribution < -0.4 is 0 Å². The van der Waals surface area contributed by atoms with E-state index in [0.717, 1.165) is 4.40 Å². The minimum Gasteiger partial charge on any atom is -0.462 e. The van der Waals surface area contributed by atoms with Gasteiger partial charge in [0.25, 0.3) is 6.43 Å². The predicted octanol–water partition coefficient (Wildman–Crippen LogP) is 2.11. The van der Waals surface area contributed by atoms with Crippen molar-refractivity contribution in [3.05, 3.63) is 48.2 Å². The lowest BCUT2D eigenvalue weighted by Gasteiger charge is -2.06. The van der Waals surface area contributed by atoms with Crippen LogP contribution in [0.1, 0.15) is 29.0 Å². The largest absolute Gasteiger partial charge is 0.462 e. The number of alkyl halides is 2. The van der Waals surface area contributed by atoms with E-state index in [2.05, 4.69) is 15.3 Å². The summed E-state index contributed by atoms with van der Waals surface area (Å²) in [5.74, 6) is -1.09. The van der Waals surface area contributed by atoms with Crippen LogP contribution in [0.15, 0.2) is 36.8 Å². The molecule has 3 heterocycles. The number of aromatic nitrogens is 5. The standard InChI is InChI=1S/C14H13F2N5O2/c15-12(16)13-19-18-11-4-3-10(9-21(11)13)14(22)23-8-2-7-20-6-1-5-17-20/h1,3-6,9,12H,2,7-8H2. The molecule has 0 amide bonds. The highest BCUT2D eigenvalue weighted by atomic mass is 19.3. The Bertz CT molecular complexity index is 801. The van der Waals surface area contributed by atoms with Gasteiger partial charge >= 0.3 is 5.97 Å². The normalized spacial score (nSPS) is 11.3. The molecule has 0 N–H and O–H groups in total. The zero-order chi connectivity index (χ0) is 16.2. The van der Waals surface area contributed by atoms with Gasteiger partial charge < -0.3 is 4.74 Å². The topological polar surface area (TPSA) is 74.3 Å². The Morgan fingerprint density at radius 2 is 2.17 bits per heavy atom. The molecule has 0 aliphatic carbocycles. The van der Waals surface area contributed by atoms with E-state index in [0.29, 0.717) is 13.0 Å². The number of hydrogen-bond acceptors (Lipinski definition) is 5. The first kappa shape index (κ1) is 15.1. The lowest BCUT2D eigenvalue weighted by molar-refractivity contribution is 0.0494. The first-order valence-electron chi connectivity index (χ1n) is 6.92. The van der Waals surface area contributed by atoms with Crippen molar-refractivity contribution in [1.29, 1.82) is 0 Å². The summed E-state index contributed by atoms with van der Waals surface area (Å²) in [4.78, 5) is 12.0.